The molecule has 2 unspecified atom stereocenters. The van der Waals surface area contributed by atoms with Gasteiger partial charge in [-0.05, 0) is 31.9 Å². The smallest absolute Gasteiger partial charge is 0.251 e. The third kappa shape index (κ3) is 3.87. The van der Waals surface area contributed by atoms with Gasteiger partial charge in [0.05, 0.1) is 18.8 Å². The van der Waals surface area contributed by atoms with Gasteiger partial charge in [0.15, 0.2) is 5.13 Å². The summed E-state index contributed by atoms with van der Waals surface area (Å²) in [5.41, 5.74) is 0.813. The van der Waals surface area contributed by atoms with Crippen LogP contribution in [0.1, 0.15) is 29.5 Å². The molecule has 1 N–H and O–H groups in total. The number of carbonyl (C=O) groups is 1. The minimum Gasteiger partial charge on any atom is -0.368 e. The average Bonchev–Trinajstić information content (AvgIpc) is 3.33. The van der Waals surface area contributed by atoms with Crippen molar-refractivity contribution in [3.05, 3.63) is 35.0 Å². The number of nitrogens with one attached hydrogen (secondary N) is 1. The number of rotatable bonds is 4. The highest BCUT2D eigenvalue weighted by Gasteiger charge is 2.32. The summed E-state index contributed by atoms with van der Waals surface area (Å²) in [6.45, 7) is 4.31. The van der Waals surface area contributed by atoms with Gasteiger partial charge in [0, 0.05) is 24.2 Å². The summed E-state index contributed by atoms with van der Waals surface area (Å²) in [4.78, 5) is 24.5. The molecule has 2 aromatic heterocycles. The van der Waals surface area contributed by atoms with Crippen LogP contribution in [0.15, 0.2) is 24.4 Å². The summed E-state index contributed by atoms with van der Waals surface area (Å²) < 4.78 is 11.4. The Hall–Kier alpha value is -2.03. The first-order chi connectivity index (χ1) is 12.7. The van der Waals surface area contributed by atoms with Crippen LogP contribution in [0.3, 0.4) is 0 Å². The summed E-state index contributed by atoms with van der Waals surface area (Å²) in [6.07, 6.45) is 3.08. The van der Waals surface area contributed by atoms with E-state index in [2.05, 4.69) is 15.3 Å². The third-order valence-corrected chi connectivity index (χ3v) is 5.37. The van der Waals surface area contributed by atoms with Crippen LogP contribution in [-0.4, -0.2) is 53.2 Å². The molecule has 138 valence electrons. The SMILES string of the molecule is Cc1cnc(Nc2cccc(C3CN(C(=O)C4CCCO4)CCO3)n2)s1. The zero-order valence-electron chi connectivity index (χ0n) is 14.7. The summed E-state index contributed by atoms with van der Waals surface area (Å²) in [5, 5.41) is 4.04. The Bertz CT molecular complexity index is 775. The first-order valence-corrected chi connectivity index (χ1v) is 9.69. The maximum atomic E-state index is 12.6. The van der Waals surface area contributed by atoms with E-state index in [9.17, 15) is 4.79 Å². The number of anilines is 2. The van der Waals surface area contributed by atoms with Crippen LogP contribution in [-0.2, 0) is 14.3 Å². The van der Waals surface area contributed by atoms with Gasteiger partial charge in [-0.25, -0.2) is 9.97 Å². The fraction of sp³-hybridized carbons (Fsp3) is 0.500. The number of ether oxygens (including phenoxy) is 2. The molecule has 8 heteroatoms. The lowest BCUT2D eigenvalue weighted by atomic mass is 10.1. The summed E-state index contributed by atoms with van der Waals surface area (Å²) in [5.74, 6) is 0.798. The largest absolute Gasteiger partial charge is 0.368 e. The van der Waals surface area contributed by atoms with Crippen LogP contribution in [0.2, 0.25) is 0 Å². The summed E-state index contributed by atoms with van der Waals surface area (Å²) >= 11 is 1.58. The number of carbonyl (C=O) groups excluding carboxylic acids is 1. The molecular formula is C18H22N4O3S. The molecule has 0 bridgehead atoms. The Morgan fingerprint density at radius 3 is 3.04 bits per heavy atom. The van der Waals surface area contributed by atoms with Crippen LogP contribution in [0.5, 0.6) is 0 Å². The Morgan fingerprint density at radius 1 is 1.35 bits per heavy atom. The molecule has 4 rings (SSSR count). The van der Waals surface area contributed by atoms with E-state index in [1.165, 1.54) is 0 Å². The number of pyridine rings is 1. The van der Waals surface area contributed by atoms with Gasteiger partial charge in [-0.2, -0.15) is 0 Å². The van der Waals surface area contributed by atoms with Gasteiger partial charge >= 0.3 is 0 Å². The zero-order valence-corrected chi connectivity index (χ0v) is 15.5. The molecule has 26 heavy (non-hydrogen) atoms. The van der Waals surface area contributed by atoms with Gasteiger partial charge in [0.2, 0.25) is 0 Å². The predicted molar refractivity (Wildman–Crippen MR) is 98.6 cm³/mol. The van der Waals surface area contributed by atoms with Gasteiger partial charge in [-0.1, -0.05) is 6.07 Å². The molecule has 2 aliphatic rings. The van der Waals surface area contributed by atoms with Crippen molar-refractivity contribution in [2.45, 2.75) is 32.0 Å². The highest BCUT2D eigenvalue weighted by Crippen LogP contribution is 2.26. The van der Waals surface area contributed by atoms with Crippen molar-refractivity contribution in [2.24, 2.45) is 0 Å². The van der Waals surface area contributed by atoms with Crippen LogP contribution in [0, 0.1) is 6.92 Å². The van der Waals surface area contributed by atoms with Crippen molar-refractivity contribution in [1.29, 1.82) is 0 Å². The molecule has 1 amide bonds. The number of morpholine rings is 1. The van der Waals surface area contributed by atoms with E-state index in [0.717, 1.165) is 34.4 Å². The van der Waals surface area contributed by atoms with Gasteiger partial charge in [0.25, 0.3) is 5.91 Å². The number of amides is 1. The maximum absolute atomic E-state index is 12.6. The monoisotopic (exact) mass is 374 g/mol. The van der Waals surface area contributed by atoms with E-state index in [4.69, 9.17) is 9.47 Å². The predicted octanol–water partition coefficient (Wildman–Crippen LogP) is 2.67. The van der Waals surface area contributed by atoms with Gasteiger partial charge < -0.3 is 19.7 Å². The summed E-state index contributed by atoms with van der Waals surface area (Å²) in [6, 6.07) is 5.77. The molecule has 2 saturated heterocycles. The fourth-order valence-electron chi connectivity index (χ4n) is 3.23. The van der Waals surface area contributed by atoms with Crippen molar-refractivity contribution in [3.63, 3.8) is 0 Å². The summed E-state index contributed by atoms with van der Waals surface area (Å²) in [7, 11) is 0. The molecule has 2 fully saturated rings. The second-order valence-corrected chi connectivity index (χ2v) is 7.73. The normalized spacial score (nSPS) is 23.2. The lowest BCUT2D eigenvalue weighted by molar-refractivity contribution is -0.148. The van der Waals surface area contributed by atoms with Crippen LogP contribution in [0.4, 0.5) is 10.9 Å². The molecule has 0 aromatic carbocycles. The van der Waals surface area contributed by atoms with E-state index in [1.807, 2.05) is 36.2 Å². The van der Waals surface area contributed by atoms with Crippen LogP contribution < -0.4 is 5.32 Å². The molecule has 2 atom stereocenters. The first kappa shape index (κ1) is 17.4. The highest BCUT2D eigenvalue weighted by atomic mass is 32.1. The quantitative estimate of drug-likeness (QED) is 0.887. The highest BCUT2D eigenvalue weighted by molar-refractivity contribution is 7.15. The van der Waals surface area contributed by atoms with E-state index in [-0.39, 0.29) is 18.1 Å². The molecule has 0 saturated carbocycles. The Labute approximate surface area is 156 Å². The molecular weight excluding hydrogens is 352 g/mol. The maximum Gasteiger partial charge on any atom is 0.251 e. The lowest BCUT2D eigenvalue weighted by Crippen LogP contribution is -2.46. The first-order valence-electron chi connectivity index (χ1n) is 8.87. The van der Waals surface area contributed by atoms with E-state index >= 15 is 0 Å². The number of hydrogen-bond acceptors (Lipinski definition) is 7. The van der Waals surface area contributed by atoms with E-state index in [1.54, 1.807) is 11.3 Å². The molecule has 0 spiro atoms. The van der Waals surface area contributed by atoms with Crippen molar-refractivity contribution >= 4 is 28.2 Å². The van der Waals surface area contributed by atoms with Crippen molar-refractivity contribution in [2.75, 3.05) is 31.6 Å². The van der Waals surface area contributed by atoms with Crippen LogP contribution >= 0.6 is 11.3 Å². The van der Waals surface area contributed by atoms with Crippen molar-refractivity contribution in [1.82, 2.24) is 14.9 Å². The lowest BCUT2D eigenvalue weighted by Gasteiger charge is -2.34. The van der Waals surface area contributed by atoms with Gasteiger partial charge in [0.1, 0.15) is 18.0 Å². The number of aromatic nitrogens is 2. The topological polar surface area (TPSA) is 76.6 Å². The molecule has 2 aromatic rings. The van der Waals surface area contributed by atoms with Crippen molar-refractivity contribution in [3.8, 4) is 0 Å². The Morgan fingerprint density at radius 2 is 2.27 bits per heavy atom. The van der Waals surface area contributed by atoms with Crippen LogP contribution in [0.25, 0.3) is 0 Å². The Balaban J connectivity index is 1.44. The van der Waals surface area contributed by atoms with E-state index in [0.29, 0.717) is 26.3 Å². The zero-order chi connectivity index (χ0) is 17.9. The number of aryl methyl sites for hydroxylation is 1. The number of nitrogens with zero attached hydrogens (tertiary/aromatic N) is 3. The molecule has 2 aliphatic heterocycles. The molecule has 0 aliphatic carbocycles. The minimum atomic E-state index is -0.289. The second-order valence-electron chi connectivity index (χ2n) is 6.49. The number of thiazole rings is 1. The molecule has 4 heterocycles. The second kappa shape index (κ2) is 7.69. The van der Waals surface area contributed by atoms with Gasteiger partial charge in [-0.3, -0.25) is 4.79 Å². The minimum absolute atomic E-state index is 0.0725. The number of hydrogen-bond donors (Lipinski definition) is 1. The Kier molecular flexibility index (Phi) is 5.14. The molecule has 0 radical (unpaired) electrons. The van der Waals surface area contributed by atoms with Gasteiger partial charge in [-0.15, -0.1) is 11.3 Å². The fourth-order valence-corrected chi connectivity index (χ4v) is 3.90. The van der Waals surface area contributed by atoms with Crippen molar-refractivity contribution < 1.29 is 14.3 Å². The van der Waals surface area contributed by atoms with E-state index < -0.39 is 0 Å². The standard InChI is InChI=1S/C18H22N4O3S/c1-12-10-19-18(26-12)21-16-6-2-4-13(20-16)15-11-22(7-9-25-15)17(23)14-5-3-8-24-14/h2,4,6,10,14-15H,3,5,7-9,11H2,1H3,(H,19,20,21). The molecule has 7 nitrogen and oxygen atoms in total. The third-order valence-electron chi connectivity index (χ3n) is 4.54. The average molecular weight is 374 g/mol.